The van der Waals surface area contributed by atoms with Gasteiger partial charge in [0, 0.05) is 17.9 Å². The van der Waals surface area contributed by atoms with Gasteiger partial charge in [-0.25, -0.2) is 9.97 Å². The van der Waals surface area contributed by atoms with Crippen molar-refractivity contribution in [2.24, 2.45) is 0 Å². The summed E-state index contributed by atoms with van der Waals surface area (Å²) in [4.78, 5) is 9.17. The van der Waals surface area contributed by atoms with Crippen LogP contribution in [0.15, 0.2) is 36.5 Å². The second-order valence-corrected chi connectivity index (χ2v) is 9.02. The molecule has 5 nitrogen and oxygen atoms in total. The first kappa shape index (κ1) is 23.3. The minimum Gasteiger partial charge on any atom is -0.388 e. The average molecular weight is 423 g/mol. The molecule has 0 radical (unpaired) electrons. The van der Waals surface area contributed by atoms with E-state index in [2.05, 4.69) is 74.5 Å². The summed E-state index contributed by atoms with van der Waals surface area (Å²) in [5.74, 6) is 0.685. The molecule has 5 heteroatoms. The standard InChI is InChI=1S/C26H38N4O/c1-6-14-26(31,15-7-2)20(5)28-24(21-10-8-9-18(3)17-21)19(4)23-13-16-27-25(30-23)29-22-11-12-22/h8-10,13,16-17,20,22,28,31H,6-7,11-12,14-15H2,1-5H3,(H,27,29,30)/b24-19+. The molecular weight excluding hydrogens is 384 g/mol. The van der Waals surface area contributed by atoms with Crippen LogP contribution in [0.4, 0.5) is 5.95 Å². The van der Waals surface area contributed by atoms with Crippen LogP contribution < -0.4 is 10.6 Å². The first-order valence-electron chi connectivity index (χ1n) is 11.7. The van der Waals surface area contributed by atoms with Crippen molar-refractivity contribution in [2.45, 2.75) is 90.8 Å². The minimum absolute atomic E-state index is 0.0937. The van der Waals surface area contributed by atoms with Crippen LogP contribution in [0.1, 0.15) is 83.0 Å². The van der Waals surface area contributed by atoms with Gasteiger partial charge in [0.1, 0.15) is 0 Å². The molecule has 0 spiro atoms. The first-order valence-corrected chi connectivity index (χ1v) is 11.7. The van der Waals surface area contributed by atoms with Gasteiger partial charge in [-0.05, 0) is 69.7 Å². The number of allylic oxidation sites excluding steroid dienone is 1. The highest BCUT2D eigenvalue weighted by Crippen LogP contribution is 2.30. The van der Waals surface area contributed by atoms with Crippen molar-refractivity contribution in [1.82, 2.24) is 15.3 Å². The van der Waals surface area contributed by atoms with Crippen molar-refractivity contribution in [1.29, 1.82) is 0 Å². The number of aromatic nitrogens is 2. The molecule has 3 rings (SSSR count). The molecule has 0 amide bonds. The smallest absolute Gasteiger partial charge is 0.223 e. The lowest BCUT2D eigenvalue weighted by molar-refractivity contribution is -0.00513. The van der Waals surface area contributed by atoms with Gasteiger partial charge in [0.05, 0.1) is 17.3 Å². The SMILES string of the molecule is CCCC(O)(CCC)C(C)N/C(=C(\C)c1ccnc(NC2CC2)n1)c1cccc(C)c1. The number of nitrogens with zero attached hydrogens (tertiary/aromatic N) is 2. The molecule has 31 heavy (non-hydrogen) atoms. The summed E-state index contributed by atoms with van der Waals surface area (Å²) in [7, 11) is 0. The second kappa shape index (κ2) is 10.3. The van der Waals surface area contributed by atoms with Crippen molar-refractivity contribution < 1.29 is 5.11 Å². The lowest BCUT2D eigenvalue weighted by atomic mass is 9.85. The summed E-state index contributed by atoms with van der Waals surface area (Å²) in [5.41, 5.74) is 4.52. The maximum absolute atomic E-state index is 11.4. The van der Waals surface area contributed by atoms with Crippen molar-refractivity contribution in [3.05, 3.63) is 53.3 Å². The predicted molar refractivity (Wildman–Crippen MR) is 130 cm³/mol. The van der Waals surface area contributed by atoms with E-state index in [9.17, 15) is 5.11 Å². The van der Waals surface area contributed by atoms with Gasteiger partial charge < -0.3 is 15.7 Å². The fourth-order valence-electron chi connectivity index (χ4n) is 4.16. The molecule has 168 valence electrons. The Balaban J connectivity index is 1.99. The monoisotopic (exact) mass is 422 g/mol. The van der Waals surface area contributed by atoms with Crippen molar-refractivity contribution >= 4 is 17.2 Å². The fourth-order valence-corrected chi connectivity index (χ4v) is 4.16. The summed E-state index contributed by atoms with van der Waals surface area (Å²) in [6, 6.07) is 10.9. The summed E-state index contributed by atoms with van der Waals surface area (Å²) in [6.07, 6.45) is 7.64. The lowest BCUT2D eigenvalue weighted by Gasteiger charge is -2.36. The maximum Gasteiger partial charge on any atom is 0.223 e. The van der Waals surface area contributed by atoms with Crippen LogP contribution in [0, 0.1) is 6.92 Å². The van der Waals surface area contributed by atoms with E-state index in [1.807, 2.05) is 12.3 Å². The second-order valence-electron chi connectivity index (χ2n) is 9.02. The van der Waals surface area contributed by atoms with Crippen LogP contribution in [0.3, 0.4) is 0 Å². The Morgan fingerprint density at radius 3 is 2.52 bits per heavy atom. The topological polar surface area (TPSA) is 70.1 Å². The third kappa shape index (κ3) is 6.07. The summed E-state index contributed by atoms with van der Waals surface area (Å²) in [6.45, 7) is 10.6. The quantitative estimate of drug-likeness (QED) is 0.442. The molecule has 1 unspecified atom stereocenters. The normalized spacial score (nSPS) is 15.9. The Morgan fingerprint density at radius 1 is 1.19 bits per heavy atom. The minimum atomic E-state index is -0.747. The third-order valence-corrected chi connectivity index (χ3v) is 6.16. The van der Waals surface area contributed by atoms with Gasteiger partial charge in [0.25, 0.3) is 0 Å². The number of rotatable bonds is 11. The van der Waals surface area contributed by atoms with Gasteiger partial charge in [-0.2, -0.15) is 0 Å². The van der Waals surface area contributed by atoms with E-state index < -0.39 is 5.60 Å². The molecule has 3 N–H and O–H groups in total. The molecule has 1 heterocycles. The van der Waals surface area contributed by atoms with Crippen LogP contribution in [0.2, 0.25) is 0 Å². The van der Waals surface area contributed by atoms with Crippen molar-refractivity contribution in [2.75, 3.05) is 5.32 Å². The van der Waals surface area contributed by atoms with Gasteiger partial charge in [-0.1, -0.05) is 50.5 Å². The average Bonchev–Trinajstić information content (AvgIpc) is 3.56. The number of hydrogen-bond donors (Lipinski definition) is 3. The number of aryl methyl sites for hydroxylation is 1. The Kier molecular flexibility index (Phi) is 7.71. The van der Waals surface area contributed by atoms with Crippen LogP contribution in [0.25, 0.3) is 11.3 Å². The summed E-state index contributed by atoms with van der Waals surface area (Å²) < 4.78 is 0. The fraction of sp³-hybridized carbons (Fsp3) is 0.538. The van der Waals surface area contributed by atoms with Crippen molar-refractivity contribution in [3.63, 3.8) is 0 Å². The van der Waals surface area contributed by atoms with Gasteiger partial charge in [-0.3, -0.25) is 0 Å². The number of benzene rings is 1. The molecule has 1 saturated carbocycles. The summed E-state index contributed by atoms with van der Waals surface area (Å²) in [5, 5.41) is 18.5. The largest absolute Gasteiger partial charge is 0.388 e. The molecule has 1 atom stereocenters. The molecule has 1 aliphatic carbocycles. The molecule has 2 aromatic rings. The molecule has 1 aromatic carbocycles. The Hall–Kier alpha value is -2.40. The van der Waals surface area contributed by atoms with Gasteiger partial charge in [0.2, 0.25) is 5.95 Å². The molecule has 1 fully saturated rings. The van der Waals surface area contributed by atoms with Crippen LogP contribution in [-0.4, -0.2) is 32.8 Å². The van der Waals surface area contributed by atoms with E-state index in [4.69, 9.17) is 4.98 Å². The number of anilines is 1. The predicted octanol–water partition coefficient (Wildman–Crippen LogP) is 5.56. The molecule has 0 aliphatic heterocycles. The Labute approximate surface area is 187 Å². The first-order chi connectivity index (χ1) is 14.9. The molecule has 0 saturated heterocycles. The van der Waals surface area contributed by atoms with Gasteiger partial charge in [-0.15, -0.1) is 0 Å². The van der Waals surface area contributed by atoms with E-state index in [1.54, 1.807) is 0 Å². The van der Waals surface area contributed by atoms with Gasteiger partial charge >= 0.3 is 0 Å². The highest BCUT2D eigenvalue weighted by molar-refractivity contribution is 5.88. The Morgan fingerprint density at radius 2 is 1.90 bits per heavy atom. The molecule has 1 aliphatic rings. The van der Waals surface area contributed by atoms with E-state index in [-0.39, 0.29) is 6.04 Å². The maximum atomic E-state index is 11.4. The zero-order valence-electron chi connectivity index (χ0n) is 19.7. The number of hydrogen-bond acceptors (Lipinski definition) is 5. The highest BCUT2D eigenvalue weighted by atomic mass is 16.3. The van der Waals surface area contributed by atoms with Crippen LogP contribution in [0.5, 0.6) is 0 Å². The van der Waals surface area contributed by atoms with Crippen LogP contribution >= 0.6 is 0 Å². The summed E-state index contributed by atoms with van der Waals surface area (Å²) >= 11 is 0. The highest BCUT2D eigenvalue weighted by Gasteiger charge is 2.33. The molecule has 1 aromatic heterocycles. The van der Waals surface area contributed by atoms with E-state index in [0.29, 0.717) is 12.0 Å². The molecular formula is C26H38N4O. The van der Waals surface area contributed by atoms with Gasteiger partial charge in [0.15, 0.2) is 0 Å². The van der Waals surface area contributed by atoms with Crippen molar-refractivity contribution in [3.8, 4) is 0 Å². The van der Waals surface area contributed by atoms with Crippen LogP contribution in [-0.2, 0) is 0 Å². The van der Waals surface area contributed by atoms with E-state index in [0.717, 1.165) is 48.2 Å². The zero-order chi connectivity index (χ0) is 22.4. The van der Waals surface area contributed by atoms with E-state index in [1.165, 1.54) is 18.4 Å². The zero-order valence-corrected chi connectivity index (χ0v) is 19.7. The lowest BCUT2D eigenvalue weighted by Crippen LogP contribution is -2.48. The third-order valence-electron chi connectivity index (χ3n) is 6.16. The number of nitrogens with one attached hydrogen (secondary N) is 2. The molecule has 0 bridgehead atoms. The Bertz CT molecular complexity index is 898. The van der Waals surface area contributed by atoms with E-state index >= 15 is 0 Å². The number of aliphatic hydroxyl groups is 1.